The van der Waals surface area contributed by atoms with Gasteiger partial charge in [-0.05, 0) is 46.5 Å². The zero-order valence-electron chi connectivity index (χ0n) is 17.8. The van der Waals surface area contributed by atoms with E-state index in [9.17, 15) is 29.7 Å². The van der Waals surface area contributed by atoms with Crippen molar-refractivity contribution in [3.05, 3.63) is 12.2 Å². The molecule has 0 spiro atoms. The number of unbranched alkanes of at least 4 members (excludes halogenated alkanes) is 3. The van der Waals surface area contributed by atoms with Gasteiger partial charge in [-0.2, -0.15) is 0 Å². The molecule has 7 heteroatoms. The van der Waals surface area contributed by atoms with Gasteiger partial charge in [0.2, 0.25) is 0 Å². The lowest BCUT2D eigenvalue weighted by molar-refractivity contribution is -0.934. The highest BCUT2D eigenvalue weighted by molar-refractivity contribution is 5.70. The first kappa shape index (κ1) is 26.1. The van der Waals surface area contributed by atoms with Crippen molar-refractivity contribution in [1.82, 2.24) is 0 Å². The second-order valence-electron chi connectivity index (χ2n) is 8.09. The number of aliphatic carboxylic acids is 3. The number of carboxylic acid groups (broad SMARTS) is 3. The molecule has 0 amide bonds. The molecule has 3 N–H and O–H groups in total. The van der Waals surface area contributed by atoms with Gasteiger partial charge in [0, 0.05) is 0 Å². The van der Waals surface area contributed by atoms with Crippen molar-refractivity contribution < 1.29 is 34.2 Å². The molecule has 0 aromatic heterocycles. The molecule has 0 saturated carbocycles. The fourth-order valence-corrected chi connectivity index (χ4v) is 3.59. The predicted molar refractivity (Wildman–Crippen MR) is 108 cm³/mol. The van der Waals surface area contributed by atoms with Crippen molar-refractivity contribution in [1.29, 1.82) is 0 Å². The molecule has 0 radical (unpaired) electrons. The van der Waals surface area contributed by atoms with Gasteiger partial charge in [-0.15, -0.1) is 0 Å². The molecule has 0 aromatic carbocycles. The van der Waals surface area contributed by atoms with E-state index in [4.69, 9.17) is 0 Å². The van der Waals surface area contributed by atoms with Crippen LogP contribution in [0.1, 0.15) is 59.8 Å². The van der Waals surface area contributed by atoms with Crippen molar-refractivity contribution in [3.8, 4) is 0 Å². The van der Waals surface area contributed by atoms with Crippen LogP contribution < -0.4 is 0 Å². The Hall–Kier alpha value is -1.89. The minimum atomic E-state index is -0.948. The number of hydrogen-bond acceptors (Lipinski definition) is 3. The van der Waals surface area contributed by atoms with Gasteiger partial charge < -0.3 is 19.8 Å². The van der Waals surface area contributed by atoms with Gasteiger partial charge >= 0.3 is 17.9 Å². The van der Waals surface area contributed by atoms with Gasteiger partial charge in [0.15, 0.2) is 0 Å². The van der Waals surface area contributed by atoms with E-state index >= 15 is 0 Å². The second-order valence-corrected chi connectivity index (χ2v) is 8.09. The Balaban J connectivity index is 5.38. The summed E-state index contributed by atoms with van der Waals surface area (Å²) in [7, 11) is 0. The van der Waals surface area contributed by atoms with Crippen LogP contribution in [0.15, 0.2) is 12.2 Å². The molecule has 0 bridgehead atoms. The number of carbonyl (C=O) groups is 3. The number of rotatable bonds is 16. The lowest BCUT2D eigenvalue weighted by Crippen LogP contribution is -2.57. The molecule has 0 heterocycles. The van der Waals surface area contributed by atoms with E-state index in [0.717, 1.165) is 32.1 Å². The van der Waals surface area contributed by atoms with Gasteiger partial charge in [0.05, 0.1) is 26.2 Å². The van der Waals surface area contributed by atoms with E-state index in [-0.39, 0.29) is 24.1 Å². The maximum Gasteiger partial charge on any atom is 0.311 e. The van der Waals surface area contributed by atoms with E-state index in [2.05, 4.69) is 19.1 Å². The molecule has 0 aromatic rings. The standard InChI is InChI=1S/C21H37NO6/c1-5-6-7-8-9-10-11-12-22(13-16(2)19(23)24,14-17(3)20(25)26)15-18(4)21(27)28/h7-8,16-18H,5-6,9-15H2,1-4H3,(H2-,23,24,25,26,27,28)/p+1/b8-7+. The molecule has 0 rings (SSSR count). The van der Waals surface area contributed by atoms with E-state index in [1.54, 1.807) is 20.8 Å². The van der Waals surface area contributed by atoms with Crippen molar-refractivity contribution >= 4 is 17.9 Å². The summed E-state index contributed by atoms with van der Waals surface area (Å²) in [5.74, 6) is -4.87. The molecule has 0 aliphatic carbocycles. The Labute approximate surface area is 168 Å². The first-order chi connectivity index (χ1) is 13.0. The molecule has 3 atom stereocenters. The number of hydrogen-bond donors (Lipinski definition) is 3. The smallest absolute Gasteiger partial charge is 0.311 e. The van der Waals surface area contributed by atoms with Crippen molar-refractivity contribution in [2.75, 3.05) is 26.2 Å². The zero-order valence-corrected chi connectivity index (χ0v) is 17.8. The quantitative estimate of drug-likeness (QED) is 0.208. The third kappa shape index (κ3) is 10.4. The molecule has 0 saturated heterocycles. The van der Waals surface area contributed by atoms with E-state index in [1.165, 1.54) is 0 Å². The van der Waals surface area contributed by atoms with Gasteiger partial charge in [-0.1, -0.05) is 25.5 Å². The van der Waals surface area contributed by atoms with Crippen molar-refractivity contribution in [2.24, 2.45) is 17.8 Å². The molecule has 28 heavy (non-hydrogen) atoms. The maximum absolute atomic E-state index is 11.4. The molecule has 162 valence electrons. The third-order valence-electron chi connectivity index (χ3n) is 5.12. The summed E-state index contributed by atoms with van der Waals surface area (Å²) in [6.07, 6.45) is 9.04. The predicted octanol–water partition coefficient (Wildman–Crippen LogP) is 3.49. The van der Waals surface area contributed by atoms with Crippen LogP contribution in [0, 0.1) is 17.8 Å². The Morgan fingerprint density at radius 3 is 1.50 bits per heavy atom. The van der Waals surface area contributed by atoms with Crippen LogP contribution in [0.25, 0.3) is 0 Å². The van der Waals surface area contributed by atoms with Crippen LogP contribution in [0.3, 0.4) is 0 Å². The summed E-state index contributed by atoms with van der Waals surface area (Å²) >= 11 is 0. The largest absolute Gasteiger partial charge is 0.481 e. The summed E-state index contributed by atoms with van der Waals surface area (Å²) in [4.78, 5) is 34.3. The Kier molecular flexibility index (Phi) is 12.4. The Morgan fingerprint density at radius 2 is 1.14 bits per heavy atom. The number of allylic oxidation sites excluding steroid dienone is 2. The average Bonchev–Trinajstić information content (AvgIpc) is 2.60. The molecular weight excluding hydrogens is 362 g/mol. The lowest BCUT2D eigenvalue weighted by atomic mass is 10.0. The van der Waals surface area contributed by atoms with Crippen LogP contribution in [0.2, 0.25) is 0 Å². The minimum Gasteiger partial charge on any atom is -0.481 e. The van der Waals surface area contributed by atoms with E-state index in [0.29, 0.717) is 6.54 Å². The highest BCUT2D eigenvalue weighted by Crippen LogP contribution is 2.21. The highest BCUT2D eigenvalue weighted by atomic mass is 16.4. The first-order valence-electron chi connectivity index (χ1n) is 10.2. The number of quaternary nitrogens is 1. The van der Waals surface area contributed by atoms with E-state index in [1.807, 2.05) is 0 Å². The van der Waals surface area contributed by atoms with Gasteiger partial charge in [-0.3, -0.25) is 14.4 Å². The van der Waals surface area contributed by atoms with Gasteiger partial charge in [0.1, 0.15) is 17.8 Å². The zero-order chi connectivity index (χ0) is 21.7. The molecule has 0 aliphatic rings. The van der Waals surface area contributed by atoms with Crippen molar-refractivity contribution in [2.45, 2.75) is 59.8 Å². The van der Waals surface area contributed by atoms with Crippen LogP contribution in [-0.4, -0.2) is 63.9 Å². The highest BCUT2D eigenvalue weighted by Gasteiger charge is 2.37. The maximum atomic E-state index is 11.4. The fraction of sp³-hybridized carbons (Fsp3) is 0.762. The minimum absolute atomic E-state index is 0.201. The molecular formula is C21H38NO6+. The summed E-state index contributed by atoms with van der Waals surface area (Å²) in [6, 6.07) is 0. The second kappa shape index (κ2) is 13.3. The summed E-state index contributed by atoms with van der Waals surface area (Å²) in [5.41, 5.74) is 0. The monoisotopic (exact) mass is 400 g/mol. The Morgan fingerprint density at radius 1 is 0.750 bits per heavy atom. The number of carboxylic acids is 3. The molecule has 3 unspecified atom stereocenters. The molecule has 0 fully saturated rings. The summed E-state index contributed by atoms with van der Waals surface area (Å²) < 4.78 is 0.201. The lowest BCUT2D eigenvalue weighted by Gasteiger charge is -2.42. The number of nitrogens with zero attached hydrogens (tertiary/aromatic N) is 1. The summed E-state index contributed by atoms with van der Waals surface area (Å²) in [5, 5.41) is 28.1. The SMILES string of the molecule is CCC/C=C/CCCC[N+](CC(C)C(=O)O)(CC(C)C(=O)O)CC(C)C(=O)O. The van der Waals surface area contributed by atoms with E-state index < -0.39 is 35.7 Å². The summed E-state index contributed by atoms with van der Waals surface area (Å²) in [6.45, 7) is 8.18. The van der Waals surface area contributed by atoms with Gasteiger partial charge in [-0.25, -0.2) is 0 Å². The normalized spacial score (nSPS) is 17.0. The van der Waals surface area contributed by atoms with Crippen LogP contribution in [0.5, 0.6) is 0 Å². The topological polar surface area (TPSA) is 112 Å². The Bertz CT molecular complexity index is 476. The molecule has 7 nitrogen and oxygen atoms in total. The first-order valence-corrected chi connectivity index (χ1v) is 10.2. The van der Waals surface area contributed by atoms with Crippen LogP contribution in [-0.2, 0) is 14.4 Å². The fourth-order valence-electron chi connectivity index (χ4n) is 3.59. The van der Waals surface area contributed by atoms with Gasteiger partial charge in [0.25, 0.3) is 0 Å². The molecule has 0 aliphatic heterocycles. The third-order valence-corrected chi connectivity index (χ3v) is 5.12. The average molecular weight is 401 g/mol. The van der Waals surface area contributed by atoms with Crippen LogP contribution in [0.4, 0.5) is 0 Å². The van der Waals surface area contributed by atoms with Crippen LogP contribution >= 0.6 is 0 Å². The van der Waals surface area contributed by atoms with Crippen molar-refractivity contribution in [3.63, 3.8) is 0 Å².